The zero-order valence-electron chi connectivity index (χ0n) is 17.2. The smallest absolute Gasteiger partial charge is 0.282 e. The number of para-hydroxylation sites is 1. The first-order chi connectivity index (χ1) is 15.0. The van der Waals surface area contributed by atoms with E-state index in [9.17, 15) is 9.59 Å². The molecule has 31 heavy (non-hydrogen) atoms. The molecule has 0 unspecified atom stereocenters. The molecule has 0 fully saturated rings. The Morgan fingerprint density at radius 3 is 2.19 bits per heavy atom. The van der Waals surface area contributed by atoms with Gasteiger partial charge in [0, 0.05) is 5.69 Å². The third-order valence-corrected chi connectivity index (χ3v) is 5.51. The molecule has 1 aliphatic rings. The molecular formula is C25H21ClN2O3. The van der Waals surface area contributed by atoms with Crippen molar-refractivity contribution in [2.45, 2.75) is 13.3 Å². The zero-order chi connectivity index (χ0) is 22.0. The highest BCUT2D eigenvalue weighted by molar-refractivity contribution is 6.48. The Morgan fingerprint density at radius 1 is 0.903 bits per heavy atom. The number of carbonyl (C=O) groups is 2. The van der Waals surface area contributed by atoms with E-state index in [1.807, 2.05) is 24.3 Å². The molecule has 0 spiro atoms. The number of benzene rings is 3. The number of rotatable bonds is 6. The Morgan fingerprint density at radius 2 is 1.58 bits per heavy atom. The molecule has 1 aliphatic heterocycles. The van der Waals surface area contributed by atoms with Gasteiger partial charge in [0.1, 0.15) is 11.4 Å². The summed E-state index contributed by atoms with van der Waals surface area (Å²) in [5, 5.41) is 3.49. The molecule has 0 aliphatic carbocycles. The summed E-state index contributed by atoms with van der Waals surface area (Å²) in [6.45, 7) is 2.08. The molecule has 156 valence electrons. The van der Waals surface area contributed by atoms with Crippen molar-refractivity contribution < 1.29 is 14.3 Å². The average molecular weight is 433 g/mol. The van der Waals surface area contributed by atoms with Crippen LogP contribution >= 0.6 is 11.6 Å². The van der Waals surface area contributed by atoms with Crippen LogP contribution in [0, 0.1) is 0 Å². The van der Waals surface area contributed by atoms with E-state index in [1.165, 1.54) is 5.56 Å². The number of hydrogen-bond acceptors (Lipinski definition) is 4. The number of ether oxygens (including phenoxy) is 1. The van der Waals surface area contributed by atoms with Gasteiger partial charge in [-0.1, -0.05) is 54.9 Å². The van der Waals surface area contributed by atoms with Gasteiger partial charge in [0.25, 0.3) is 11.8 Å². The van der Waals surface area contributed by atoms with Crippen LogP contribution in [0.5, 0.6) is 5.75 Å². The number of imide groups is 1. The predicted molar refractivity (Wildman–Crippen MR) is 123 cm³/mol. The van der Waals surface area contributed by atoms with Crippen molar-refractivity contribution in [2.24, 2.45) is 0 Å². The number of methoxy groups -OCH3 is 1. The Hall–Kier alpha value is -3.57. The van der Waals surface area contributed by atoms with Gasteiger partial charge in [-0.05, 0) is 53.9 Å². The lowest BCUT2D eigenvalue weighted by molar-refractivity contribution is -0.120. The van der Waals surface area contributed by atoms with Crippen molar-refractivity contribution in [3.63, 3.8) is 0 Å². The lowest BCUT2D eigenvalue weighted by atomic mass is 10.0. The molecule has 3 aromatic carbocycles. The highest BCUT2D eigenvalue weighted by Crippen LogP contribution is 2.37. The number of anilines is 2. The maximum absolute atomic E-state index is 13.4. The van der Waals surface area contributed by atoms with E-state index < -0.39 is 11.8 Å². The second-order valence-corrected chi connectivity index (χ2v) is 7.46. The fourth-order valence-corrected chi connectivity index (χ4v) is 3.71. The predicted octanol–water partition coefficient (Wildman–Crippen LogP) is 5.31. The summed E-state index contributed by atoms with van der Waals surface area (Å²) in [6.07, 6.45) is 0.914. The molecule has 0 aromatic heterocycles. The molecule has 5 nitrogen and oxygen atoms in total. The van der Waals surface area contributed by atoms with E-state index >= 15 is 0 Å². The molecule has 1 heterocycles. The van der Waals surface area contributed by atoms with E-state index in [4.69, 9.17) is 16.3 Å². The van der Waals surface area contributed by atoms with Crippen LogP contribution in [0.3, 0.4) is 0 Å². The minimum absolute atomic E-state index is 0.208. The molecule has 0 atom stereocenters. The van der Waals surface area contributed by atoms with Crippen LogP contribution in [-0.4, -0.2) is 18.9 Å². The van der Waals surface area contributed by atoms with Crippen LogP contribution in [0.15, 0.2) is 78.5 Å². The van der Waals surface area contributed by atoms with Crippen LogP contribution in [0.25, 0.3) is 5.57 Å². The molecule has 0 saturated heterocycles. The summed E-state index contributed by atoms with van der Waals surface area (Å²) < 4.78 is 5.22. The quantitative estimate of drug-likeness (QED) is 0.536. The number of aryl methyl sites for hydroxylation is 1. The first-order valence-electron chi connectivity index (χ1n) is 9.91. The number of hydrogen-bond donors (Lipinski definition) is 1. The molecule has 0 saturated carbocycles. The molecular weight excluding hydrogens is 412 g/mol. The number of nitrogens with one attached hydrogen (secondary N) is 1. The molecule has 1 N–H and O–H groups in total. The van der Waals surface area contributed by atoms with Gasteiger partial charge < -0.3 is 10.1 Å². The standard InChI is InChI=1S/C25H21ClN2O3/c1-3-16-8-12-18(13-9-16)27-23-22(17-10-14-19(31-2)15-11-17)24(29)28(25(23)30)21-7-5-4-6-20(21)26/h4-15,27H,3H2,1-2H3. The number of halogens is 1. The summed E-state index contributed by atoms with van der Waals surface area (Å²) >= 11 is 6.31. The number of amides is 2. The van der Waals surface area contributed by atoms with Crippen molar-refractivity contribution in [1.29, 1.82) is 0 Å². The number of carbonyl (C=O) groups excluding carboxylic acids is 2. The SMILES string of the molecule is CCc1ccc(NC2=C(c3ccc(OC)cc3)C(=O)N(c3ccccc3Cl)C2=O)cc1. The lowest BCUT2D eigenvalue weighted by Crippen LogP contribution is -2.32. The fourth-order valence-electron chi connectivity index (χ4n) is 3.49. The first-order valence-corrected chi connectivity index (χ1v) is 10.3. The van der Waals surface area contributed by atoms with Crippen molar-refractivity contribution >= 4 is 40.4 Å². The summed E-state index contributed by atoms with van der Waals surface area (Å²) in [5.74, 6) is -0.229. The second kappa shape index (κ2) is 8.66. The minimum atomic E-state index is -0.455. The van der Waals surface area contributed by atoms with E-state index in [1.54, 1.807) is 55.6 Å². The van der Waals surface area contributed by atoms with Crippen molar-refractivity contribution in [2.75, 3.05) is 17.3 Å². The third kappa shape index (κ3) is 3.92. The van der Waals surface area contributed by atoms with E-state index in [2.05, 4.69) is 12.2 Å². The van der Waals surface area contributed by atoms with E-state index in [0.29, 0.717) is 22.0 Å². The summed E-state index contributed by atoms with van der Waals surface area (Å²) in [7, 11) is 1.57. The van der Waals surface area contributed by atoms with Crippen LogP contribution in [0.2, 0.25) is 5.02 Å². The normalized spacial score (nSPS) is 13.7. The summed E-state index contributed by atoms with van der Waals surface area (Å²) in [6, 6.07) is 21.6. The molecule has 4 rings (SSSR count). The second-order valence-electron chi connectivity index (χ2n) is 7.05. The van der Waals surface area contributed by atoms with Gasteiger partial charge in [0.15, 0.2) is 0 Å². The molecule has 3 aromatic rings. The number of nitrogens with zero attached hydrogens (tertiary/aromatic N) is 1. The molecule has 0 radical (unpaired) electrons. The van der Waals surface area contributed by atoms with Gasteiger partial charge in [-0.2, -0.15) is 0 Å². The fraction of sp³-hybridized carbons (Fsp3) is 0.120. The van der Waals surface area contributed by atoms with Gasteiger partial charge in [-0.15, -0.1) is 0 Å². The topological polar surface area (TPSA) is 58.6 Å². The maximum atomic E-state index is 13.4. The molecule has 2 amide bonds. The Kier molecular flexibility index (Phi) is 5.78. The Bertz CT molecular complexity index is 1170. The summed E-state index contributed by atoms with van der Waals surface area (Å²) in [4.78, 5) is 28.0. The highest BCUT2D eigenvalue weighted by atomic mass is 35.5. The van der Waals surface area contributed by atoms with Gasteiger partial charge in [-0.3, -0.25) is 9.59 Å². The van der Waals surface area contributed by atoms with Crippen molar-refractivity contribution in [3.05, 3.63) is 94.6 Å². The zero-order valence-corrected chi connectivity index (χ0v) is 17.9. The van der Waals surface area contributed by atoms with Gasteiger partial charge >= 0.3 is 0 Å². The third-order valence-electron chi connectivity index (χ3n) is 5.19. The van der Waals surface area contributed by atoms with Crippen LogP contribution in [0.1, 0.15) is 18.1 Å². The average Bonchev–Trinajstić information content (AvgIpc) is 3.04. The van der Waals surface area contributed by atoms with Gasteiger partial charge in [0.2, 0.25) is 0 Å². The van der Waals surface area contributed by atoms with Crippen LogP contribution in [0.4, 0.5) is 11.4 Å². The lowest BCUT2D eigenvalue weighted by Gasteiger charge is -2.16. The maximum Gasteiger partial charge on any atom is 0.282 e. The van der Waals surface area contributed by atoms with Gasteiger partial charge in [0.05, 0.1) is 23.4 Å². The first kappa shape index (κ1) is 20.7. The van der Waals surface area contributed by atoms with E-state index in [-0.39, 0.29) is 11.3 Å². The van der Waals surface area contributed by atoms with Crippen LogP contribution < -0.4 is 15.0 Å². The van der Waals surface area contributed by atoms with Crippen molar-refractivity contribution in [3.8, 4) is 5.75 Å². The molecule has 0 bridgehead atoms. The minimum Gasteiger partial charge on any atom is -0.497 e. The van der Waals surface area contributed by atoms with Crippen LogP contribution in [-0.2, 0) is 16.0 Å². The van der Waals surface area contributed by atoms with Crippen molar-refractivity contribution in [1.82, 2.24) is 0 Å². The Labute approximate surface area is 185 Å². The Balaban J connectivity index is 1.80. The van der Waals surface area contributed by atoms with Gasteiger partial charge in [-0.25, -0.2) is 4.90 Å². The largest absolute Gasteiger partial charge is 0.497 e. The van der Waals surface area contributed by atoms with E-state index in [0.717, 1.165) is 17.0 Å². The summed E-state index contributed by atoms with van der Waals surface area (Å²) in [5.41, 5.74) is 3.36. The monoisotopic (exact) mass is 432 g/mol. The molecule has 6 heteroatoms. The highest BCUT2D eigenvalue weighted by Gasteiger charge is 2.41.